The molecule has 6 heteroatoms. The van der Waals surface area contributed by atoms with Crippen molar-refractivity contribution in [2.24, 2.45) is 11.1 Å². The lowest BCUT2D eigenvalue weighted by atomic mass is 9.83. The number of rotatable bonds is 4. The van der Waals surface area contributed by atoms with Crippen molar-refractivity contribution in [2.75, 3.05) is 26.2 Å². The molecule has 0 spiro atoms. The Balaban J connectivity index is 2.25. The van der Waals surface area contributed by atoms with Crippen molar-refractivity contribution in [1.82, 2.24) is 4.90 Å². The maximum atomic E-state index is 13.5. The minimum atomic E-state index is -0.556. The second-order valence-corrected chi connectivity index (χ2v) is 5.78. The zero-order valence-electron chi connectivity index (χ0n) is 12.6. The Morgan fingerprint density at radius 3 is 3.05 bits per heavy atom. The van der Waals surface area contributed by atoms with Gasteiger partial charge in [0.2, 0.25) is 0 Å². The minimum Gasteiger partial charge on any atom is -0.491 e. The molecule has 2 rings (SSSR count). The number of nitriles is 1. The van der Waals surface area contributed by atoms with E-state index in [2.05, 4.69) is 6.07 Å². The van der Waals surface area contributed by atoms with E-state index in [0.29, 0.717) is 25.4 Å². The van der Waals surface area contributed by atoms with Gasteiger partial charge in [0.15, 0.2) is 0 Å². The summed E-state index contributed by atoms with van der Waals surface area (Å²) in [6, 6.07) is 6.12. The van der Waals surface area contributed by atoms with Crippen LogP contribution in [0, 0.1) is 22.6 Å². The third-order valence-corrected chi connectivity index (χ3v) is 3.80. The summed E-state index contributed by atoms with van der Waals surface area (Å²) in [4.78, 5) is 14.3. The molecule has 22 heavy (non-hydrogen) atoms. The molecule has 1 saturated heterocycles. The maximum absolute atomic E-state index is 13.5. The third kappa shape index (κ3) is 3.55. The van der Waals surface area contributed by atoms with Crippen LogP contribution in [0.2, 0.25) is 0 Å². The molecule has 1 atom stereocenters. The number of hydrogen-bond donors (Lipinski definition) is 1. The van der Waals surface area contributed by atoms with Crippen LogP contribution in [0.25, 0.3) is 0 Å². The molecule has 118 valence electrons. The largest absolute Gasteiger partial charge is 0.491 e. The van der Waals surface area contributed by atoms with Gasteiger partial charge in [0.05, 0.1) is 17.0 Å². The van der Waals surface area contributed by atoms with E-state index < -0.39 is 11.2 Å². The van der Waals surface area contributed by atoms with Gasteiger partial charge in [-0.15, -0.1) is 0 Å². The van der Waals surface area contributed by atoms with Gasteiger partial charge < -0.3 is 15.4 Å². The molecule has 2 N–H and O–H groups in total. The first-order valence-electron chi connectivity index (χ1n) is 7.32. The number of carbonyl (C=O) groups excluding carboxylic acids is 1. The van der Waals surface area contributed by atoms with Gasteiger partial charge >= 0.3 is 0 Å². The second kappa shape index (κ2) is 6.75. The molecule has 1 aliphatic rings. The number of benzene rings is 1. The van der Waals surface area contributed by atoms with E-state index in [1.165, 1.54) is 18.2 Å². The van der Waals surface area contributed by atoms with Gasteiger partial charge in [-0.3, -0.25) is 4.79 Å². The lowest BCUT2D eigenvalue weighted by Crippen LogP contribution is -2.44. The number of hydrogen-bond acceptors (Lipinski definition) is 4. The van der Waals surface area contributed by atoms with Crippen molar-refractivity contribution in [2.45, 2.75) is 19.8 Å². The Bertz CT molecular complexity index is 600. The third-order valence-electron chi connectivity index (χ3n) is 3.80. The van der Waals surface area contributed by atoms with Crippen molar-refractivity contribution in [3.63, 3.8) is 0 Å². The first kappa shape index (κ1) is 16.2. The van der Waals surface area contributed by atoms with E-state index in [4.69, 9.17) is 10.5 Å². The van der Waals surface area contributed by atoms with Crippen molar-refractivity contribution < 1.29 is 13.9 Å². The van der Waals surface area contributed by atoms with Crippen molar-refractivity contribution in [3.05, 3.63) is 29.6 Å². The van der Waals surface area contributed by atoms with Crippen molar-refractivity contribution in [1.29, 1.82) is 5.26 Å². The molecule has 1 amide bonds. The summed E-state index contributed by atoms with van der Waals surface area (Å²) in [5.41, 5.74) is 5.02. The molecule has 1 heterocycles. The molecule has 0 aromatic heterocycles. The summed E-state index contributed by atoms with van der Waals surface area (Å²) < 4.78 is 18.9. The fourth-order valence-corrected chi connectivity index (χ4v) is 2.64. The van der Waals surface area contributed by atoms with Crippen LogP contribution in [0.1, 0.15) is 30.1 Å². The number of piperidine rings is 1. The zero-order chi connectivity index (χ0) is 16.2. The number of amides is 1. The molecule has 0 bridgehead atoms. The highest BCUT2D eigenvalue weighted by atomic mass is 19.1. The second-order valence-electron chi connectivity index (χ2n) is 5.78. The lowest BCUT2D eigenvalue weighted by Gasteiger charge is -2.36. The average Bonchev–Trinajstić information content (AvgIpc) is 2.53. The quantitative estimate of drug-likeness (QED) is 0.922. The molecule has 0 unspecified atom stereocenters. The lowest BCUT2D eigenvalue weighted by molar-refractivity contribution is 0.0625. The molecule has 1 aromatic carbocycles. The van der Waals surface area contributed by atoms with E-state index in [1.807, 2.05) is 6.92 Å². The van der Waals surface area contributed by atoms with Gasteiger partial charge in [0, 0.05) is 19.6 Å². The number of halogens is 1. The highest BCUT2D eigenvalue weighted by Crippen LogP contribution is 2.30. The minimum absolute atomic E-state index is 0.177. The smallest absolute Gasteiger partial charge is 0.257 e. The van der Waals surface area contributed by atoms with Crippen molar-refractivity contribution in [3.8, 4) is 11.8 Å². The normalized spacial score (nSPS) is 21.3. The van der Waals surface area contributed by atoms with Gasteiger partial charge in [0.1, 0.15) is 18.2 Å². The van der Waals surface area contributed by atoms with E-state index in [-0.39, 0.29) is 18.1 Å². The molecule has 0 saturated carbocycles. The number of carbonyl (C=O) groups is 1. The van der Waals surface area contributed by atoms with Gasteiger partial charge in [-0.1, -0.05) is 0 Å². The van der Waals surface area contributed by atoms with Crippen LogP contribution >= 0.6 is 0 Å². The number of ether oxygens (including phenoxy) is 1. The highest BCUT2D eigenvalue weighted by Gasteiger charge is 2.34. The Hall–Kier alpha value is -2.13. The van der Waals surface area contributed by atoms with Crippen molar-refractivity contribution >= 4 is 5.91 Å². The average molecular weight is 305 g/mol. The van der Waals surface area contributed by atoms with E-state index in [9.17, 15) is 14.4 Å². The molecular formula is C16H20FN3O2. The summed E-state index contributed by atoms with van der Waals surface area (Å²) >= 11 is 0. The van der Waals surface area contributed by atoms with Crippen LogP contribution in [0.3, 0.4) is 0 Å². The Morgan fingerprint density at radius 2 is 2.36 bits per heavy atom. The van der Waals surface area contributed by atoms with Gasteiger partial charge in [0.25, 0.3) is 5.91 Å². The van der Waals surface area contributed by atoms with Crippen LogP contribution < -0.4 is 10.5 Å². The van der Waals surface area contributed by atoms with Crippen LogP contribution in [0.5, 0.6) is 5.75 Å². The highest BCUT2D eigenvalue weighted by molar-refractivity contribution is 5.97. The molecule has 1 aromatic rings. The molecule has 0 radical (unpaired) electrons. The SMILES string of the molecule is C[C@@]1(C#N)CCCN(C(=O)c2cc(F)ccc2OCCN)C1. The van der Waals surface area contributed by atoms with Crippen LogP contribution in [0.15, 0.2) is 18.2 Å². The summed E-state index contributed by atoms with van der Waals surface area (Å²) in [5.74, 6) is -0.489. The summed E-state index contributed by atoms with van der Waals surface area (Å²) in [5, 5.41) is 9.25. The number of nitrogens with two attached hydrogens (primary N) is 1. The number of likely N-dealkylation sites (tertiary alicyclic amines) is 1. The Labute approximate surface area is 129 Å². The van der Waals surface area contributed by atoms with Crippen LogP contribution in [-0.4, -0.2) is 37.0 Å². The summed E-state index contributed by atoms with van der Waals surface area (Å²) in [6.07, 6.45) is 1.51. The van der Waals surface area contributed by atoms with Gasteiger partial charge in [-0.25, -0.2) is 4.39 Å². The predicted molar refractivity (Wildman–Crippen MR) is 79.8 cm³/mol. The maximum Gasteiger partial charge on any atom is 0.257 e. The van der Waals surface area contributed by atoms with Crippen LogP contribution in [-0.2, 0) is 0 Å². The molecule has 1 aliphatic heterocycles. The standard InChI is InChI=1S/C16H20FN3O2/c1-16(10-19)5-2-7-20(11-16)15(21)13-9-12(17)3-4-14(13)22-8-6-18/h3-4,9H,2,5-8,11,18H2,1H3/t16-/m0/s1. The van der Waals surface area contributed by atoms with E-state index in [1.54, 1.807) is 4.90 Å². The first-order valence-corrected chi connectivity index (χ1v) is 7.32. The molecule has 0 aliphatic carbocycles. The number of nitrogens with zero attached hydrogens (tertiary/aromatic N) is 2. The van der Waals surface area contributed by atoms with Gasteiger partial charge in [-0.05, 0) is 38.0 Å². The van der Waals surface area contributed by atoms with E-state index >= 15 is 0 Å². The molecule has 1 fully saturated rings. The van der Waals surface area contributed by atoms with Gasteiger partial charge in [-0.2, -0.15) is 5.26 Å². The van der Waals surface area contributed by atoms with E-state index in [0.717, 1.165) is 12.8 Å². The zero-order valence-corrected chi connectivity index (χ0v) is 12.6. The molecular weight excluding hydrogens is 285 g/mol. The summed E-state index contributed by atoms with van der Waals surface area (Å²) in [7, 11) is 0. The monoisotopic (exact) mass is 305 g/mol. The molecule has 5 nitrogen and oxygen atoms in total. The first-order chi connectivity index (χ1) is 10.5. The fraction of sp³-hybridized carbons (Fsp3) is 0.500. The Kier molecular flexibility index (Phi) is 4.99. The van der Waals surface area contributed by atoms with Crippen LogP contribution in [0.4, 0.5) is 4.39 Å². The Morgan fingerprint density at radius 1 is 1.59 bits per heavy atom. The summed E-state index contributed by atoms with van der Waals surface area (Å²) in [6.45, 7) is 3.30. The fourth-order valence-electron chi connectivity index (χ4n) is 2.64. The predicted octanol–water partition coefficient (Wildman–Crippen LogP) is 1.93. The topological polar surface area (TPSA) is 79.3 Å².